The van der Waals surface area contributed by atoms with Crippen molar-refractivity contribution in [1.82, 2.24) is 0 Å². The van der Waals surface area contributed by atoms with Gasteiger partial charge in [0.15, 0.2) is 0 Å². The van der Waals surface area contributed by atoms with Crippen LogP contribution in [0.5, 0.6) is 0 Å². The Balaban J connectivity index is 4.56. The zero-order valence-corrected chi connectivity index (χ0v) is 9.75. The molecule has 0 radical (unpaired) electrons. The third-order valence-electron chi connectivity index (χ3n) is 2.09. The monoisotopic (exact) mass is 223 g/mol. The van der Waals surface area contributed by atoms with Gasteiger partial charge < -0.3 is 9.66 Å². The summed E-state index contributed by atoms with van der Waals surface area (Å²) in [4.78, 5) is 0. The van der Waals surface area contributed by atoms with Crippen molar-refractivity contribution in [2.75, 3.05) is 0 Å². The van der Waals surface area contributed by atoms with Gasteiger partial charge in [-0.25, -0.2) is 8.42 Å². The molecule has 0 spiro atoms. The molecule has 14 heavy (non-hydrogen) atoms. The van der Waals surface area contributed by atoms with E-state index in [-0.39, 0.29) is 12.3 Å². The first-order valence-electron chi connectivity index (χ1n) is 4.91. The van der Waals surface area contributed by atoms with Crippen molar-refractivity contribution >= 4 is 10.1 Å². The van der Waals surface area contributed by atoms with Crippen molar-refractivity contribution < 1.29 is 18.1 Å². The number of hydrogen-bond acceptors (Lipinski definition) is 4. The number of aliphatic hydroxyl groups excluding tert-OH is 1. The average molecular weight is 223 g/mol. The molecule has 0 aliphatic heterocycles. The Hall–Kier alpha value is -0.130. The molecule has 0 fully saturated rings. The molecule has 0 aliphatic rings. The summed E-state index contributed by atoms with van der Waals surface area (Å²) < 4.78 is 32.6. The largest absolute Gasteiger partial charge is 0.748 e. The molecule has 0 aromatic heterocycles. The Morgan fingerprint density at radius 3 is 2.14 bits per heavy atom. The lowest BCUT2D eigenvalue weighted by Gasteiger charge is -2.26. The van der Waals surface area contributed by atoms with E-state index in [2.05, 4.69) is 0 Å². The molecule has 0 saturated carbocycles. The summed E-state index contributed by atoms with van der Waals surface area (Å²) >= 11 is 0. The lowest BCUT2D eigenvalue weighted by atomic mass is 10.0. The second kappa shape index (κ2) is 5.68. The summed E-state index contributed by atoms with van der Waals surface area (Å²) in [5.74, 6) is 0.0928. The van der Waals surface area contributed by atoms with E-state index in [0.717, 1.165) is 0 Å². The third kappa shape index (κ3) is 4.93. The molecule has 86 valence electrons. The highest BCUT2D eigenvalue weighted by Crippen LogP contribution is 2.18. The van der Waals surface area contributed by atoms with Gasteiger partial charge in [0, 0.05) is 0 Å². The van der Waals surface area contributed by atoms with Crippen LogP contribution in [0.3, 0.4) is 0 Å². The fourth-order valence-corrected chi connectivity index (χ4v) is 2.56. The molecule has 1 N–H and O–H groups in total. The minimum absolute atomic E-state index is 0.0928. The van der Waals surface area contributed by atoms with Crippen molar-refractivity contribution in [2.45, 2.75) is 51.4 Å². The van der Waals surface area contributed by atoms with Crippen LogP contribution in [0.2, 0.25) is 0 Å². The summed E-state index contributed by atoms with van der Waals surface area (Å²) in [6.45, 7) is 5.50. The Bertz CT molecular complexity index is 246. The third-order valence-corrected chi connectivity index (χ3v) is 3.34. The van der Waals surface area contributed by atoms with E-state index in [1.54, 1.807) is 0 Å². The van der Waals surface area contributed by atoms with Gasteiger partial charge in [-0.15, -0.1) is 0 Å². The number of aliphatic hydroxyl groups is 1. The van der Waals surface area contributed by atoms with E-state index >= 15 is 0 Å². The molecule has 5 heteroatoms. The Kier molecular flexibility index (Phi) is 5.63. The Morgan fingerprint density at radius 1 is 1.36 bits per heavy atom. The molecule has 0 bridgehead atoms. The van der Waals surface area contributed by atoms with Gasteiger partial charge in [0.25, 0.3) is 0 Å². The van der Waals surface area contributed by atoms with Crippen LogP contribution in [0, 0.1) is 5.92 Å². The first kappa shape index (κ1) is 13.9. The molecule has 0 rings (SSSR count). The molecule has 0 heterocycles. The summed E-state index contributed by atoms with van der Waals surface area (Å²) in [5, 5.41) is 8.36. The van der Waals surface area contributed by atoms with Crippen LogP contribution in [0.25, 0.3) is 0 Å². The van der Waals surface area contributed by atoms with E-state index in [1.807, 2.05) is 20.8 Å². The van der Waals surface area contributed by atoms with Crippen LogP contribution in [-0.2, 0) is 10.1 Å². The Morgan fingerprint density at radius 2 is 1.86 bits per heavy atom. The van der Waals surface area contributed by atoms with E-state index in [4.69, 9.17) is 0 Å². The van der Waals surface area contributed by atoms with Crippen molar-refractivity contribution in [1.29, 1.82) is 0 Å². The van der Waals surface area contributed by atoms with Crippen molar-refractivity contribution in [2.24, 2.45) is 5.92 Å². The van der Waals surface area contributed by atoms with Gasteiger partial charge in [-0.3, -0.25) is 0 Å². The highest BCUT2D eigenvalue weighted by Gasteiger charge is 2.25. The maximum absolute atomic E-state index is 10.9. The standard InChI is InChI=1S/C9H20O4S/c1-4-5-8(10)9(6-7(2)3)14(11,12)13/h7-10H,4-6H2,1-3H3,(H,11,12,13)/p-1. The van der Waals surface area contributed by atoms with E-state index in [1.165, 1.54) is 0 Å². The van der Waals surface area contributed by atoms with Crippen molar-refractivity contribution in [3.8, 4) is 0 Å². The summed E-state index contributed by atoms with van der Waals surface area (Å²) in [5.41, 5.74) is 0. The molecule has 0 amide bonds. The topological polar surface area (TPSA) is 77.4 Å². The fraction of sp³-hybridized carbons (Fsp3) is 1.00. The van der Waals surface area contributed by atoms with Gasteiger partial charge in [0.1, 0.15) is 10.1 Å². The maximum atomic E-state index is 10.9. The van der Waals surface area contributed by atoms with Crippen LogP contribution in [-0.4, -0.2) is 29.4 Å². The predicted molar refractivity (Wildman–Crippen MR) is 53.9 cm³/mol. The van der Waals surface area contributed by atoms with Gasteiger partial charge in [-0.1, -0.05) is 27.2 Å². The quantitative estimate of drug-likeness (QED) is 0.684. The average Bonchev–Trinajstić information content (AvgIpc) is 1.98. The van der Waals surface area contributed by atoms with Crippen LogP contribution >= 0.6 is 0 Å². The van der Waals surface area contributed by atoms with Gasteiger partial charge in [-0.05, 0) is 18.8 Å². The molecule has 0 saturated heterocycles. The van der Waals surface area contributed by atoms with Crippen molar-refractivity contribution in [3.63, 3.8) is 0 Å². The van der Waals surface area contributed by atoms with Gasteiger partial charge >= 0.3 is 0 Å². The molecule has 0 aromatic rings. The van der Waals surface area contributed by atoms with Crippen LogP contribution in [0.4, 0.5) is 0 Å². The zero-order valence-electron chi connectivity index (χ0n) is 8.93. The van der Waals surface area contributed by atoms with Crippen molar-refractivity contribution in [3.05, 3.63) is 0 Å². The van der Waals surface area contributed by atoms with E-state index in [9.17, 15) is 18.1 Å². The smallest absolute Gasteiger partial charge is 0.100 e. The lowest BCUT2D eigenvalue weighted by molar-refractivity contribution is 0.145. The lowest BCUT2D eigenvalue weighted by Crippen LogP contribution is -2.35. The molecule has 2 atom stereocenters. The van der Waals surface area contributed by atoms with Gasteiger partial charge in [-0.2, -0.15) is 0 Å². The summed E-state index contributed by atoms with van der Waals surface area (Å²) in [7, 11) is -4.38. The highest BCUT2D eigenvalue weighted by molar-refractivity contribution is 7.86. The summed E-state index contributed by atoms with van der Waals surface area (Å²) in [6.07, 6.45) is 0.238. The molecular weight excluding hydrogens is 204 g/mol. The summed E-state index contributed by atoms with van der Waals surface area (Å²) in [6, 6.07) is 0. The highest BCUT2D eigenvalue weighted by atomic mass is 32.2. The normalized spacial score (nSPS) is 17.0. The molecule has 0 aliphatic carbocycles. The second-order valence-electron chi connectivity index (χ2n) is 4.02. The first-order valence-corrected chi connectivity index (χ1v) is 6.39. The molecule has 4 nitrogen and oxygen atoms in total. The number of hydrogen-bond donors (Lipinski definition) is 1. The van der Waals surface area contributed by atoms with E-state index in [0.29, 0.717) is 12.8 Å². The van der Waals surface area contributed by atoms with Crippen LogP contribution < -0.4 is 0 Å². The van der Waals surface area contributed by atoms with Gasteiger partial charge in [0.05, 0.1) is 11.4 Å². The SMILES string of the molecule is CCCC(O)C(CC(C)C)S(=O)(=O)[O-]. The van der Waals surface area contributed by atoms with E-state index < -0.39 is 21.5 Å². The molecular formula is C9H19O4S-. The van der Waals surface area contributed by atoms with Gasteiger partial charge in [0.2, 0.25) is 0 Å². The number of rotatable bonds is 6. The fourth-order valence-electron chi connectivity index (χ4n) is 1.41. The van der Waals surface area contributed by atoms with Crippen LogP contribution in [0.15, 0.2) is 0 Å². The minimum atomic E-state index is -4.38. The predicted octanol–water partition coefficient (Wildman–Crippen LogP) is 1.11. The van der Waals surface area contributed by atoms with Crippen LogP contribution in [0.1, 0.15) is 40.0 Å². The molecule has 0 aromatic carbocycles. The first-order chi connectivity index (χ1) is 6.29. The minimum Gasteiger partial charge on any atom is -0.748 e. The molecule has 2 unspecified atom stereocenters. The maximum Gasteiger partial charge on any atom is 0.100 e. The zero-order chi connectivity index (χ0) is 11.4. The Labute approximate surface area is 86.1 Å². The second-order valence-corrected chi connectivity index (χ2v) is 5.61.